The molecule has 0 amide bonds. The van der Waals surface area contributed by atoms with Gasteiger partial charge in [-0.1, -0.05) is 19.3 Å². The number of likely N-dealkylation sites (N-methyl/N-ethyl adjacent to an activating group) is 1. The molecule has 3 nitrogen and oxygen atoms in total. The lowest BCUT2D eigenvalue weighted by atomic mass is 9.94. The molecule has 16 heavy (non-hydrogen) atoms. The molecule has 2 fully saturated rings. The molecule has 2 rings (SSSR count). The molecule has 3 heteroatoms. The van der Waals surface area contributed by atoms with Crippen molar-refractivity contribution >= 4 is 0 Å². The zero-order valence-corrected chi connectivity index (χ0v) is 10.5. The molecule has 1 heterocycles. The van der Waals surface area contributed by atoms with Crippen LogP contribution in [-0.4, -0.2) is 43.3 Å². The van der Waals surface area contributed by atoms with Gasteiger partial charge >= 0.3 is 0 Å². The van der Waals surface area contributed by atoms with Crippen LogP contribution >= 0.6 is 0 Å². The average Bonchev–Trinajstić information content (AvgIpc) is 2.78. The summed E-state index contributed by atoms with van der Waals surface area (Å²) in [6, 6.07) is 0.800. The molecule has 0 aromatic rings. The molecule has 1 saturated carbocycles. The topological polar surface area (TPSA) is 38.5 Å². The van der Waals surface area contributed by atoms with E-state index in [1.165, 1.54) is 38.5 Å². The molecule has 0 radical (unpaired) electrons. The molecule has 0 aromatic heterocycles. The zero-order valence-electron chi connectivity index (χ0n) is 10.5. The molecule has 2 N–H and O–H groups in total. The van der Waals surface area contributed by atoms with E-state index in [0.717, 1.165) is 19.0 Å². The Morgan fingerprint density at radius 2 is 1.75 bits per heavy atom. The minimum absolute atomic E-state index is 0.324. The second-order valence-corrected chi connectivity index (χ2v) is 5.42. The van der Waals surface area contributed by atoms with Gasteiger partial charge in [-0.25, -0.2) is 0 Å². The van der Waals surface area contributed by atoms with Gasteiger partial charge in [-0.2, -0.15) is 0 Å². The Hall–Kier alpha value is -0.120. The van der Waals surface area contributed by atoms with Crippen molar-refractivity contribution in [1.82, 2.24) is 4.90 Å². The van der Waals surface area contributed by atoms with Crippen molar-refractivity contribution in [3.05, 3.63) is 0 Å². The molecule has 94 valence electrons. The second kappa shape index (κ2) is 5.99. The molecule has 1 aliphatic carbocycles. The van der Waals surface area contributed by atoms with Crippen molar-refractivity contribution in [2.45, 2.75) is 63.2 Å². The van der Waals surface area contributed by atoms with E-state index in [9.17, 15) is 0 Å². The molecule has 1 saturated heterocycles. The van der Waals surface area contributed by atoms with E-state index in [-0.39, 0.29) is 0 Å². The lowest BCUT2D eigenvalue weighted by Gasteiger charge is -2.32. The maximum Gasteiger partial charge on any atom is 0.0707 e. The Kier molecular flexibility index (Phi) is 4.62. The number of hydrogen-bond acceptors (Lipinski definition) is 3. The van der Waals surface area contributed by atoms with Crippen molar-refractivity contribution < 1.29 is 4.74 Å². The predicted molar refractivity (Wildman–Crippen MR) is 66.5 cm³/mol. The number of ether oxygens (including phenoxy) is 1. The minimum atomic E-state index is 0.324. The van der Waals surface area contributed by atoms with Gasteiger partial charge in [0.15, 0.2) is 0 Å². The highest BCUT2D eigenvalue weighted by Gasteiger charge is 2.27. The Morgan fingerprint density at radius 1 is 1.06 bits per heavy atom. The van der Waals surface area contributed by atoms with Gasteiger partial charge in [0, 0.05) is 19.1 Å². The smallest absolute Gasteiger partial charge is 0.0707 e. The summed E-state index contributed by atoms with van der Waals surface area (Å²) in [6.07, 6.45) is 10.1. The van der Waals surface area contributed by atoms with Crippen LogP contribution in [0.2, 0.25) is 0 Å². The van der Waals surface area contributed by atoms with Gasteiger partial charge in [-0.05, 0) is 32.7 Å². The first-order chi connectivity index (χ1) is 7.79. The first-order valence-electron chi connectivity index (χ1n) is 6.85. The van der Waals surface area contributed by atoms with Crippen LogP contribution in [0.25, 0.3) is 0 Å². The number of hydrogen-bond donors (Lipinski definition) is 1. The van der Waals surface area contributed by atoms with E-state index >= 15 is 0 Å². The largest absolute Gasteiger partial charge is 0.372 e. The SMILES string of the molecule is CN(C[C@@H]1CC[C@H](CN)O1)C1CCCCC1. The third kappa shape index (κ3) is 3.19. The number of nitrogens with zero attached hydrogens (tertiary/aromatic N) is 1. The number of nitrogens with two attached hydrogens (primary N) is 1. The van der Waals surface area contributed by atoms with E-state index in [1.807, 2.05) is 0 Å². The third-order valence-electron chi connectivity index (χ3n) is 4.15. The van der Waals surface area contributed by atoms with E-state index in [0.29, 0.717) is 18.8 Å². The van der Waals surface area contributed by atoms with Crippen LogP contribution in [0.5, 0.6) is 0 Å². The van der Waals surface area contributed by atoms with Gasteiger partial charge in [-0.3, -0.25) is 0 Å². The summed E-state index contributed by atoms with van der Waals surface area (Å²) in [6.45, 7) is 1.78. The van der Waals surface area contributed by atoms with Crippen LogP contribution in [0.15, 0.2) is 0 Å². The highest BCUT2D eigenvalue weighted by atomic mass is 16.5. The first kappa shape index (κ1) is 12.3. The molecule has 2 atom stereocenters. The van der Waals surface area contributed by atoms with Crippen molar-refractivity contribution in [3.8, 4) is 0 Å². The van der Waals surface area contributed by atoms with Gasteiger partial charge < -0.3 is 15.4 Å². The lowest BCUT2D eigenvalue weighted by Crippen LogP contribution is -2.39. The van der Waals surface area contributed by atoms with Crippen LogP contribution in [0.3, 0.4) is 0 Å². The van der Waals surface area contributed by atoms with Crippen LogP contribution < -0.4 is 5.73 Å². The fourth-order valence-electron chi connectivity index (χ4n) is 3.08. The average molecular weight is 226 g/mol. The summed E-state index contributed by atoms with van der Waals surface area (Å²) < 4.78 is 5.91. The van der Waals surface area contributed by atoms with E-state index < -0.39 is 0 Å². The maximum absolute atomic E-state index is 5.91. The highest BCUT2D eigenvalue weighted by molar-refractivity contribution is 4.80. The quantitative estimate of drug-likeness (QED) is 0.794. The molecule has 0 unspecified atom stereocenters. The van der Waals surface area contributed by atoms with E-state index in [1.54, 1.807) is 0 Å². The summed E-state index contributed by atoms with van der Waals surface area (Å²) in [7, 11) is 2.26. The molecule has 1 aliphatic heterocycles. The first-order valence-corrected chi connectivity index (χ1v) is 6.85. The van der Waals surface area contributed by atoms with Crippen LogP contribution in [0.1, 0.15) is 44.9 Å². The van der Waals surface area contributed by atoms with E-state index in [4.69, 9.17) is 10.5 Å². The van der Waals surface area contributed by atoms with Gasteiger partial charge in [-0.15, -0.1) is 0 Å². The maximum atomic E-state index is 5.91. The molecule has 0 aromatic carbocycles. The summed E-state index contributed by atoms with van der Waals surface area (Å²) in [4.78, 5) is 2.52. The fourth-order valence-corrected chi connectivity index (χ4v) is 3.08. The fraction of sp³-hybridized carbons (Fsp3) is 1.00. The standard InChI is InChI=1S/C13H26N2O/c1-15(11-5-3-2-4-6-11)10-13-8-7-12(9-14)16-13/h11-13H,2-10,14H2,1H3/t12-,13+/m1/s1. The summed E-state index contributed by atoms with van der Waals surface area (Å²) >= 11 is 0. The normalized spacial score (nSPS) is 32.4. The Bertz CT molecular complexity index is 204. The molecular weight excluding hydrogens is 200 g/mol. The monoisotopic (exact) mass is 226 g/mol. The van der Waals surface area contributed by atoms with Crippen molar-refractivity contribution in [3.63, 3.8) is 0 Å². The molecule has 0 bridgehead atoms. The third-order valence-corrected chi connectivity index (χ3v) is 4.15. The van der Waals surface area contributed by atoms with Crippen LogP contribution in [-0.2, 0) is 4.74 Å². The highest BCUT2D eigenvalue weighted by Crippen LogP contribution is 2.24. The molecular formula is C13H26N2O. The number of rotatable bonds is 4. The van der Waals surface area contributed by atoms with Gasteiger partial charge in [0.05, 0.1) is 12.2 Å². The van der Waals surface area contributed by atoms with Gasteiger partial charge in [0.2, 0.25) is 0 Å². The Labute approximate surface area is 99.3 Å². The van der Waals surface area contributed by atoms with Crippen LogP contribution in [0.4, 0.5) is 0 Å². The zero-order chi connectivity index (χ0) is 11.4. The summed E-state index contributed by atoms with van der Waals surface area (Å²) in [5.41, 5.74) is 5.63. The van der Waals surface area contributed by atoms with Crippen molar-refractivity contribution in [2.75, 3.05) is 20.1 Å². The summed E-state index contributed by atoms with van der Waals surface area (Å²) in [5, 5.41) is 0. The lowest BCUT2D eigenvalue weighted by molar-refractivity contribution is 0.0205. The molecule has 2 aliphatic rings. The predicted octanol–water partition coefficient (Wildman–Crippen LogP) is 1.76. The summed E-state index contributed by atoms with van der Waals surface area (Å²) in [5.74, 6) is 0. The Balaban J connectivity index is 1.72. The van der Waals surface area contributed by atoms with Crippen LogP contribution in [0, 0.1) is 0 Å². The van der Waals surface area contributed by atoms with Gasteiger partial charge in [0.1, 0.15) is 0 Å². The van der Waals surface area contributed by atoms with Crippen molar-refractivity contribution in [2.24, 2.45) is 5.73 Å². The minimum Gasteiger partial charge on any atom is -0.372 e. The van der Waals surface area contributed by atoms with Crippen molar-refractivity contribution in [1.29, 1.82) is 0 Å². The molecule has 0 spiro atoms. The van der Waals surface area contributed by atoms with Gasteiger partial charge in [0.25, 0.3) is 0 Å². The van der Waals surface area contributed by atoms with E-state index in [2.05, 4.69) is 11.9 Å². The second-order valence-electron chi connectivity index (χ2n) is 5.42. The Morgan fingerprint density at radius 3 is 2.38 bits per heavy atom.